The molecule has 1 saturated heterocycles. The van der Waals surface area contributed by atoms with Crippen molar-refractivity contribution < 1.29 is 4.39 Å². The van der Waals surface area contributed by atoms with Crippen LogP contribution in [0.5, 0.6) is 0 Å². The van der Waals surface area contributed by atoms with Gasteiger partial charge in [-0.05, 0) is 12.5 Å². The molecule has 1 aliphatic rings. The SMILES string of the molecule is F[C@H]1CCN(c2n[nH]c3ncc(-c4cn[nH]c4)cc23)C1. The summed E-state index contributed by atoms with van der Waals surface area (Å²) in [6, 6.07) is 2.01. The third-order valence-corrected chi connectivity index (χ3v) is 3.66. The smallest absolute Gasteiger partial charge is 0.160 e. The highest BCUT2D eigenvalue weighted by molar-refractivity contribution is 5.90. The number of hydrogen-bond donors (Lipinski definition) is 2. The molecule has 6 nitrogen and oxygen atoms in total. The Morgan fingerprint density at radius 2 is 2.25 bits per heavy atom. The minimum Gasteiger partial charge on any atom is -0.352 e. The number of anilines is 1. The Morgan fingerprint density at radius 3 is 3.00 bits per heavy atom. The maximum atomic E-state index is 13.4. The van der Waals surface area contributed by atoms with Crippen LogP contribution in [0.3, 0.4) is 0 Å². The molecule has 0 spiro atoms. The molecule has 3 aromatic heterocycles. The maximum Gasteiger partial charge on any atom is 0.160 e. The van der Waals surface area contributed by atoms with Crippen LogP contribution in [-0.4, -0.2) is 44.6 Å². The molecule has 1 fully saturated rings. The lowest BCUT2D eigenvalue weighted by molar-refractivity contribution is 0.364. The Labute approximate surface area is 114 Å². The maximum absolute atomic E-state index is 13.4. The van der Waals surface area contributed by atoms with E-state index in [0.29, 0.717) is 19.5 Å². The van der Waals surface area contributed by atoms with Crippen molar-refractivity contribution in [2.24, 2.45) is 0 Å². The van der Waals surface area contributed by atoms with Crippen molar-refractivity contribution in [1.29, 1.82) is 0 Å². The summed E-state index contributed by atoms with van der Waals surface area (Å²) >= 11 is 0. The lowest BCUT2D eigenvalue weighted by atomic mass is 10.1. The summed E-state index contributed by atoms with van der Waals surface area (Å²) < 4.78 is 13.4. The van der Waals surface area contributed by atoms with E-state index in [0.717, 1.165) is 28.0 Å². The van der Waals surface area contributed by atoms with Gasteiger partial charge >= 0.3 is 0 Å². The van der Waals surface area contributed by atoms with Crippen molar-refractivity contribution in [3.63, 3.8) is 0 Å². The summed E-state index contributed by atoms with van der Waals surface area (Å²) in [4.78, 5) is 6.33. The van der Waals surface area contributed by atoms with Gasteiger partial charge in [0.05, 0.1) is 18.1 Å². The summed E-state index contributed by atoms with van der Waals surface area (Å²) in [6.45, 7) is 1.09. The molecule has 102 valence electrons. The zero-order chi connectivity index (χ0) is 13.5. The third-order valence-electron chi connectivity index (χ3n) is 3.66. The quantitative estimate of drug-likeness (QED) is 0.747. The van der Waals surface area contributed by atoms with Crippen LogP contribution in [-0.2, 0) is 0 Å². The van der Waals surface area contributed by atoms with Crippen molar-refractivity contribution in [2.75, 3.05) is 18.0 Å². The van der Waals surface area contributed by atoms with E-state index >= 15 is 0 Å². The largest absolute Gasteiger partial charge is 0.352 e. The number of H-pyrrole nitrogens is 2. The molecule has 3 aromatic rings. The van der Waals surface area contributed by atoms with Crippen LogP contribution in [0.1, 0.15) is 6.42 Å². The first-order valence-electron chi connectivity index (χ1n) is 6.53. The van der Waals surface area contributed by atoms with Crippen molar-refractivity contribution >= 4 is 16.9 Å². The molecule has 1 atom stereocenters. The first-order chi connectivity index (χ1) is 9.81. The predicted octanol–water partition coefficient (Wildman–Crippen LogP) is 1.90. The molecule has 4 heterocycles. The number of pyridine rings is 1. The summed E-state index contributed by atoms with van der Waals surface area (Å²) in [6.07, 6.45) is 5.12. The van der Waals surface area contributed by atoms with E-state index in [4.69, 9.17) is 0 Å². The minimum absolute atomic E-state index is 0.399. The average molecular weight is 272 g/mol. The number of aromatic nitrogens is 5. The van der Waals surface area contributed by atoms with E-state index < -0.39 is 6.17 Å². The highest BCUT2D eigenvalue weighted by Crippen LogP contribution is 2.29. The van der Waals surface area contributed by atoms with Crippen LogP contribution in [0.2, 0.25) is 0 Å². The minimum atomic E-state index is -0.772. The molecule has 0 bridgehead atoms. The van der Waals surface area contributed by atoms with Gasteiger partial charge in [-0.2, -0.15) is 10.2 Å². The van der Waals surface area contributed by atoms with Gasteiger partial charge < -0.3 is 4.90 Å². The Morgan fingerprint density at radius 1 is 1.30 bits per heavy atom. The van der Waals surface area contributed by atoms with Crippen molar-refractivity contribution in [2.45, 2.75) is 12.6 Å². The van der Waals surface area contributed by atoms with Crippen molar-refractivity contribution in [1.82, 2.24) is 25.4 Å². The lowest BCUT2D eigenvalue weighted by Crippen LogP contribution is -2.20. The molecule has 2 N–H and O–H groups in total. The van der Waals surface area contributed by atoms with Crippen molar-refractivity contribution in [3.8, 4) is 11.1 Å². The fourth-order valence-electron chi connectivity index (χ4n) is 2.61. The van der Waals surface area contributed by atoms with Crippen molar-refractivity contribution in [3.05, 3.63) is 24.7 Å². The molecule has 20 heavy (non-hydrogen) atoms. The third kappa shape index (κ3) is 1.74. The number of rotatable bonds is 2. The molecule has 4 rings (SSSR count). The first-order valence-corrected chi connectivity index (χ1v) is 6.53. The zero-order valence-electron chi connectivity index (χ0n) is 10.7. The Kier molecular flexibility index (Phi) is 2.45. The summed E-state index contributed by atoms with van der Waals surface area (Å²) in [5, 5.41) is 14.8. The van der Waals surface area contributed by atoms with Gasteiger partial charge in [0.1, 0.15) is 6.17 Å². The lowest BCUT2D eigenvalue weighted by Gasteiger charge is -2.14. The van der Waals surface area contributed by atoms with Crippen LogP contribution in [0.25, 0.3) is 22.2 Å². The average Bonchev–Trinajstić information content (AvgIpc) is 3.17. The summed E-state index contributed by atoms with van der Waals surface area (Å²) in [5.41, 5.74) is 2.65. The number of nitrogens with one attached hydrogen (secondary N) is 2. The standard InChI is InChI=1S/C13H13FN6/c14-10-1-2-20(7-10)13-11-3-8(9-5-16-17-6-9)4-15-12(11)18-19-13/h3-6,10H,1-2,7H2,(H,16,17)(H,15,18,19)/t10-/m0/s1. The fourth-order valence-corrected chi connectivity index (χ4v) is 2.61. The first kappa shape index (κ1) is 11.4. The Hall–Kier alpha value is -2.44. The predicted molar refractivity (Wildman–Crippen MR) is 73.2 cm³/mol. The van der Waals surface area contributed by atoms with Crippen LogP contribution >= 0.6 is 0 Å². The van der Waals surface area contributed by atoms with E-state index in [9.17, 15) is 4.39 Å². The van der Waals surface area contributed by atoms with Crippen LogP contribution in [0.15, 0.2) is 24.7 Å². The van der Waals surface area contributed by atoms with Gasteiger partial charge in [-0.15, -0.1) is 0 Å². The van der Waals surface area contributed by atoms with E-state index in [-0.39, 0.29) is 0 Å². The van der Waals surface area contributed by atoms with Gasteiger partial charge in [-0.3, -0.25) is 10.2 Å². The van der Waals surface area contributed by atoms with E-state index in [1.165, 1.54) is 0 Å². The fraction of sp³-hybridized carbons (Fsp3) is 0.308. The number of halogens is 1. The second-order valence-electron chi connectivity index (χ2n) is 4.99. The molecular formula is C13H13FN6. The van der Waals surface area contributed by atoms with E-state index in [2.05, 4.69) is 25.4 Å². The van der Waals surface area contributed by atoms with Gasteiger partial charge in [0, 0.05) is 30.1 Å². The second kappa shape index (κ2) is 4.29. The number of fused-ring (bicyclic) bond motifs is 1. The van der Waals surface area contributed by atoms with Gasteiger partial charge in [0.25, 0.3) is 0 Å². The topological polar surface area (TPSA) is 73.5 Å². The summed E-state index contributed by atoms with van der Waals surface area (Å²) in [7, 11) is 0. The molecule has 0 saturated carbocycles. The highest BCUT2D eigenvalue weighted by atomic mass is 19.1. The molecule has 0 aliphatic carbocycles. The van der Waals surface area contributed by atoms with Crippen LogP contribution < -0.4 is 4.90 Å². The molecule has 0 amide bonds. The molecular weight excluding hydrogens is 259 g/mol. The Bertz CT molecular complexity index is 734. The summed E-state index contributed by atoms with van der Waals surface area (Å²) in [5.74, 6) is 0.776. The molecule has 0 aromatic carbocycles. The molecule has 0 radical (unpaired) electrons. The molecule has 7 heteroatoms. The number of aromatic amines is 2. The monoisotopic (exact) mass is 272 g/mol. The van der Waals surface area contributed by atoms with Gasteiger partial charge in [-0.1, -0.05) is 0 Å². The number of alkyl halides is 1. The van der Waals surface area contributed by atoms with Gasteiger partial charge in [-0.25, -0.2) is 9.37 Å². The van der Waals surface area contributed by atoms with Crippen LogP contribution in [0, 0.1) is 0 Å². The number of nitrogens with zero attached hydrogens (tertiary/aromatic N) is 4. The molecule has 1 aliphatic heterocycles. The van der Waals surface area contributed by atoms with Gasteiger partial charge in [0.2, 0.25) is 0 Å². The van der Waals surface area contributed by atoms with Gasteiger partial charge in [0.15, 0.2) is 11.5 Å². The number of hydrogen-bond acceptors (Lipinski definition) is 4. The Balaban J connectivity index is 1.80. The van der Waals surface area contributed by atoms with E-state index in [1.54, 1.807) is 12.4 Å². The second-order valence-corrected chi connectivity index (χ2v) is 4.99. The highest BCUT2D eigenvalue weighted by Gasteiger charge is 2.25. The zero-order valence-corrected chi connectivity index (χ0v) is 10.7. The molecule has 0 unspecified atom stereocenters. The van der Waals surface area contributed by atoms with Crippen LogP contribution in [0.4, 0.5) is 10.2 Å². The normalized spacial score (nSPS) is 19.1. The van der Waals surface area contributed by atoms with E-state index in [1.807, 2.05) is 17.2 Å².